The fourth-order valence-electron chi connectivity index (χ4n) is 3.43. The number of aryl methyl sites for hydroxylation is 1. The highest BCUT2D eigenvalue weighted by atomic mass is 15.1. The molecule has 108 valence electrons. The normalized spacial score (nSPS) is 16.9. The van der Waals surface area contributed by atoms with Crippen LogP contribution in [0.1, 0.15) is 37.4 Å². The minimum atomic E-state index is 0.619. The molecule has 1 fully saturated rings. The van der Waals surface area contributed by atoms with Crippen molar-refractivity contribution in [2.45, 2.75) is 45.8 Å². The van der Waals surface area contributed by atoms with Gasteiger partial charge in [0, 0.05) is 36.2 Å². The monoisotopic (exact) mass is 271 g/mol. The molecule has 3 heteroatoms. The Morgan fingerprint density at radius 1 is 1.15 bits per heavy atom. The first-order valence-corrected chi connectivity index (χ1v) is 7.86. The molecule has 3 nitrogen and oxygen atoms in total. The van der Waals surface area contributed by atoms with Crippen LogP contribution in [0.5, 0.6) is 0 Å². The number of nitrogens with zero attached hydrogens (tertiary/aromatic N) is 2. The van der Waals surface area contributed by atoms with E-state index in [4.69, 9.17) is 5.73 Å². The standard InChI is InChI=1S/C17H25N3/c1-2-20-15(13-19-9-4-3-5-10-19)11-16-14(12-18)7-6-8-17(16)20/h6-8,11H,2-5,9-10,12-13,18H2,1H3. The van der Waals surface area contributed by atoms with E-state index in [-0.39, 0.29) is 0 Å². The number of fused-ring (bicyclic) bond motifs is 1. The number of nitrogens with two attached hydrogens (primary N) is 1. The summed E-state index contributed by atoms with van der Waals surface area (Å²) in [6.07, 6.45) is 4.09. The van der Waals surface area contributed by atoms with Crippen molar-refractivity contribution in [3.63, 3.8) is 0 Å². The van der Waals surface area contributed by atoms with Gasteiger partial charge in [0.15, 0.2) is 0 Å². The molecule has 1 aliphatic heterocycles. The Morgan fingerprint density at radius 3 is 2.65 bits per heavy atom. The Balaban J connectivity index is 1.97. The van der Waals surface area contributed by atoms with Gasteiger partial charge in [-0.2, -0.15) is 0 Å². The van der Waals surface area contributed by atoms with Crippen LogP contribution in [-0.4, -0.2) is 22.6 Å². The minimum absolute atomic E-state index is 0.619. The van der Waals surface area contributed by atoms with Crippen LogP contribution in [0.15, 0.2) is 24.3 Å². The molecule has 0 radical (unpaired) electrons. The van der Waals surface area contributed by atoms with Crippen LogP contribution in [-0.2, 0) is 19.6 Å². The van der Waals surface area contributed by atoms with Gasteiger partial charge in [0.1, 0.15) is 0 Å². The highest BCUT2D eigenvalue weighted by molar-refractivity contribution is 5.84. The molecule has 2 N–H and O–H groups in total. The summed E-state index contributed by atoms with van der Waals surface area (Å²) in [4.78, 5) is 2.59. The van der Waals surface area contributed by atoms with Gasteiger partial charge in [-0.25, -0.2) is 0 Å². The van der Waals surface area contributed by atoms with Crippen molar-refractivity contribution >= 4 is 10.9 Å². The molecule has 0 bridgehead atoms. The Hall–Kier alpha value is -1.32. The van der Waals surface area contributed by atoms with Gasteiger partial charge in [-0.1, -0.05) is 18.6 Å². The van der Waals surface area contributed by atoms with Gasteiger partial charge in [0.2, 0.25) is 0 Å². The molecule has 2 heterocycles. The average Bonchev–Trinajstić information content (AvgIpc) is 2.85. The molecule has 1 aliphatic rings. The van der Waals surface area contributed by atoms with Crippen molar-refractivity contribution in [1.82, 2.24) is 9.47 Å². The van der Waals surface area contributed by atoms with Crippen molar-refractivity contribution in [2.24, 2.45) is 5.73 Å². The van der Waals surface area contributed by atoms with Gasteiger partial charge in [0.05, 0.1) is 0 Å². The van der Waals surface area contributed by atoms with Crippen LogP contribution >= 0.6 is 0 Å². The van der Waals surface area contributed by atoms with Crippen LogP contribution in [0.3, 0.4) is 0 Å². The first-order valence-electron chi connectivity index (χ1n) is 7.86. The van der Waals surface area contributed by atoms with Crippen molar-refractivity contribution in [3.05, 3.63) is 35.5 Å². The zero-order chi connectivity index (χ0) is 13.9. The van der Waals surface area contributed by atoms with Crippen molar-refractivity contribution < 1.29 is 0 Å². The largest absolute Gasteiger partial charge is 0.344 e. The zero-order valence-electron chi connectivity index (χ0n) is 12.4. The Morgan fingerprint density at radius 2 is 1.95 bits per heavy atom. The number of hydrogen-bond acceptors (Lipinski definition) is 2. The third-order valence-electron chi connectivity index (χ3n) is 4.49. The Labute approximate surface area is 121 Å². The minimum Gasteiger partial charge on any atom is -0.344 e. The first-order chi connectivity index (χ1) is 9.83. The Kier molecular flexibility index (Phi) is 4.08. The summed E-state index contributed by atoms with van der Waals surface area (Å²) in [7, 11) is 0. The molecule has 1 aromatic heterocycles. The van der Waals surface area contributed by atoms with E-state index >= 15 is 0 Å². The second-order valence-corrected chi connectivity index (χ2v) is 5.77. The molecule has 0 spiro atoms. The van der Waals surface area contributed by atoms with E-state index in [9.17, 15) is 0 Å². The predicted octanol–water partition coefficient (Wildman–Crippen LogP) is 3.11. The lowest BCUT2D eigenvalue weighted by Gasteiger charge is -2.26. The van der Waals surface area contributed by atoms with E-state index in [2.05, 4.69) is 40.7 Å². The second kappa shape index (κ2) is 5.98. The number of likely N-dealkylation sites (tertiary alicyclic amines) is 1. The SMILES string of the molecule is CCn1c(CN2CCCCC2)cc2c(CN)cccc21. The first kappa shape index (κ1) is 13.7. The highest BCUT2D eigenvalue weighted by Crippen LogP contribution is 2.25. The molecular weight excluding hydrogens is 246 g/mol. The molecule has 0 aliphatic carbocycles. The fourth-order valence-corrected chi connectivity index (χ4v) is 3.43. The molecular formula is C17H25N3. The van der Waals surface area contributed by atoms with Crippen LogP contribution in [0.25, 0.3) is 10.9 Å². The number of aromatic nitrogens is 1. The summed E-state index contributed by atoms with van der Waals surface area (Å²) in [5.74, 6) is 0. The average molecular weight is 271 g/mol. The number of benzene rings is 1. The van der Waals surface area contributed by atoms with Gasteiger partial charge in [0.25, 0.3) is 0 Å². The van der Waals surface area contributed by atoms with E-state index in [0.29, 0.717) is 6.54 Å². The summed E-state index contributed by atoms with van der Waals surface area (Å²) in [5, 5.41) is 1.34. The lowest BCUT2D eigenvalue weighted by Crippen LogP contribution is -2.29. The molecule has 1 aromatic carbocycles. The fraction of sp³-hybridized carbons (Fsp3) is 0.529. The van der Waals surface area contributed by atoms with E-state index < -0.39 is 0 Å². The van der Waals surface area contributed by atoms with Crippen LogP contribution < -0.4 is 5.73 Å². The maximum Gasteiger partial charge on any atom is 0.0486 e. The van der Waals surface area contributed by atoms with Crippen LogP contribution in [0, 0.1) is 0 Å². The van der Waals surface area contributed by atoms with Gasteiger partial charge >= 0.3 is 0 Å². The smallest absolute Gasteiger partial charge is 0.0486 e. The molecule has 1 saturated heterocycles. The summed E-state index contributed by atoms with van der Waals surface area (Å²) in [6.45, 7) is 7.44. The topological polar surface area (TPSA) is 34.2 Å². The van der Waals surface area contributed by atoms with Crippen molar-refractivity contribution in [3.8, 4) is 0 Å². The number of hydrogen-bond donors (Lipinski definition) is 1. The second-order valence-electron chi connectivity index (χ2n) is 5.77. The third-order valence-corrected chi connectivity index (χ3v) is 4.49. The van der Waals surface area contributed by atoms with E-state index in [1.54, 1.807) is 0 Å². The zero-order valence-corrected chi connectivity index (χ0v) is 12.4. The van der Waals surface area contributed by atoms with Gasteiger partial charge in [-0.05, 0) is 50.6 Å². The number of piperidine rings is 1. The Bertz CT molecular complexity index is 579. The maximum atomic E-state index is 5.88. The van der Waals surface area contributed by atoms with E-state index in [1.165, 1.54) is 54.5 Å². The molecule has 0 atom stereocenters. The van der Waals surface area contributed by atoms with E-state index in [1.807, 2.05) is 0 Å². The predicted molar refractivity (Wildman–Crippen MR) is 84.6 cm³/mol. The summed E-state index contributed by atoms with van der Waals surface area (Å²) in [5.41, 5.74) is 9.91. The molecule has 0 unspecified atom stereocenters. The summed E-state index contributed by atoms with van der Waals surface area (Å²) in [6, 6.07) is 8.85. The van der Waals surface area contributed by atoms with E-state index in [0.717, 1.165) is 13.1 Å². The molecule has 0 saturated carbocycles. The highest BCUT2D eigenvalue weighted by Gasteiger charge is 2.15. The van der Waals surface area contributed by atoms with Crippen LogP contribution in [0.2, 0.25) is 0 Å². The number of rotatable bonds is 4. The summed E-state index contributed by atoms with van der Waals surface area (Å²) < 4.78 is 2.45. The molecule has 20 heavy (non-hydrogen) atoms. The van der Waals surface area contributed by atoms with Gasteiger partial charge in [-0.3, -0.25) is 4.90 Å². The summed E-state index contributed by atoms with van der Waals surface area (Å²) >= 11 is 0. The molecule has 0 amide bonds. The van der Waals surface area contributed by atoms with Gasteiger partial charge < -0.3 is 10.3 Å². The lowest BCUT2D eigenvalue weighted by molar-refractivity contribution is 0.216. The lowest BCUT2D eigenvalue weighted by atomic mass is 10.1. The molecule has 3 rings (SSSR count). The van der Waals surface area contributed by atoms with Crippen molar-refractivity contribution in [1.29, 1.82) is 0 Å². The van der Waals surface area contributed by atoms with Crippen LogP contribution in [0.4, 0.5) is 0 Å². The quantitative estimate of drug-likeness (QED) is 0.927. The maximum absolute atomic E-state index is 5.88. The third kappa shape index (κ3) is 2.48. The van der Waals surface area contributed by atoms with Gasteiger partial charge in [-0.15, -0.1) is 0 Å². The molecule has 2 aromatic rings. The van der Waals surface area contributed by atoms with Crippen molar-refractivity contribution in [2.75, 3.05) is 13.1 Å².